The first-order chi connectivity index (χ1) is 12.4. The third-order valence-electron chi connectivity index (χ3n) is 5.30. The van der Waals surface area contributed by atoms with Crippen LogP contribution in [0.15, 0.2) is 29.3 Å². The summed E-state index contributed by atoms with van der Waals surface area (Å²) in [4.78, 5) is 4.74. The Balaban J connectivity index is 0.00000261. The van der Waals surface area contributed by atoms with Crippen LogP contribution >= 0.6 is 24.0 Å². The molecule has 1 heterocycles. The Morgan fingerprint density at radius 3 is 2.41 bits per heavy atom. The molecular weight excluding hydrogens is 456 g/mol. The monoisotopic (exact) mass is 485 g/mol. The molecule has 2 aromatic rings. The van der Waals surface area contributed by atoms with Crippen molar-refractivity contribution in [3.63, 3.8) is 0 Å². The van der Waals surface area contributed by atoms with E-state index in [2.05, 4.69) is 29.6 Å². The van der Waals surface area contributed by atoms with E-state index in [1.54, 1.807) is 12.1 Å². The second-order valence-corrected chi connectivity index (χ2v) is 7.11. The van der Waals surface area contributed by atoms with E-state index in [0.29, 0.717) is 6.54 Å². The van der Waals surface area contributed by atoms with Gasteiger partial charge in [-0.15, -0.1) is 24.0 Å². The molecule has 0 amide bonds. The summed E-state index contributed by atoms with van der Waals surface area (Å²) in [6.07, 6.45) is 2.23. The zero-order valence-corrected chi connectivity index (χ0v) is 18.8. The molecule has 1 saturated carbocycles. The number of hydrogen-bond donors (Lipinski definition) is 2. The molecule has 1 aromatic heterocycles. The van der Waals surface area contributed by atoms with Crippen molar-refractivity contribution in [2.75, 3.05) is 13.1 Å². The summed E-state index contributed by atoms with van der Waals surface area (Å²) in [5.74, 6) is 0.623. The Morgan fingerprint density at radius 1 is 1.22 bits per heavy atom. The van der Waals surface area contributed by atoms with Crippen molar-refractivity contribution in [3.8, 4) is 0 Å². The van der Waals surface area contributed by atoms with Gasteiger partial charge >= 0.3 is 0 Å². The highest BCUT2D eigenvalue weighted by Crippen LogP contribution is 2.47. The number of aliphatic imine (C=N–C) groups is 1. The molecule has 27 heavy (non-hydrogen) atoms. The first kappa shape index (κ1) is 21.7. The number of nitrogens with one attached hydrogen (secondary N) is 2. The van der Waals surface area contributed by atoms with Gasteiger partial charge < -0.3 is 10.6 Å². The van der Waals surface area contributed by atoms with Crippen LogP contribution in [0.4, 0.5) is 4.39 Å². The molecule has 0 saturated heterocycles. The lowest BCUT2D eigenvalue weighted by Gasteiger charge is -2.19. The van der Waals surface area contributed by atoms with E-state index >= 15 is 0 Å². The molecule has 1 fully saturated rings. The minimum atomic E-state index is -0.186. The van der Waals surface area contributed by atoms with Crippen LogP contribution in [-0.4, -0.2) is 28.8 Å². The maximum atomic E-state index is 13.2. The Labute approximate surface area is 177 Å². The normalized spacial score (nSPS) is 15.2. The van der Waals surface area contributed by atoms with Crippen LogP contribution in [0.3, 0.4) is 0 Å². The number of aromatic nitrogens is 2. The molecular formula is C20H29FIN5. The molecule has 1 aliphatic rings. The van der Waals surface area contributed by atoms with Crippen LogP contribution in [0.5, 0.6) is 0 Å². The van der Waals surface area contributed by atoms with Crippen molar-refractivity contribution in [2.45, 2.75) is 45.6 Å². The summed E-state index contributed by atoms with van der Waals surface area (Å²) in [7, 11) is 1.96. The average molecular weight is 485 g/mol. The molecule has 5 nitrogen and oxygen atoms in total. The van der Waals surface area contributed by atoms with E-state index in [-0.39, 0.29) is 35.2 Å². The van der Waals surface area contributed by atoms with E-state index < -0.39 is 0 Å². The summed E-state index contributed by atoms with van der Waals surface area (Å²) in [5, 5.41) is 11.2. The quantitative estimate of drug-likeness (QED) is 0.374. The Kier molecular flexibility index (Phi) is 7.25. The molecule has 3 rings (SSSR count). The predicted octanol–water partition coefficient (Wildman–Crippen LogP) is 3.58. The number of aryl methyl sites for hydroxylation is 2. The van der Waals surface area contributed by atoms with Crippen LogP contribution in [0, 0.1) is 19.7 Å². The molecule has 1 aromatic carbocycles. The second-order valence-electron chi connectivity index (χ2n) is 7.11. The van der Waals surface area contributed by atoms with Crippen LogP contribution in [0.25, 0.3) is 0 Å². The smallest absolute Gasteiger partial charge is 0.191 e. The number of rotatable bonds is 6. The molecule has 1 aliphatic carbocycles. The first-order valence-electron chi connectivity index (χ1n) is 9.22. The fourth-order valence-corrected chi connectivity index (χ4v) is 3.32. The summed E-state index contributed by atoms with van der Waals surface area (Å²) < 4.78 is 15.1. The molecule has 2 N–H and O–H groups in total. The van der Waals surface area contributed by atoms with E-state index in [1.165, 1.54) is 11.1 Å². The lowest BCUT2D eigenvalue weighted by Crippen LogP contribution is -2.41. The van der Waals surface area contributed by atoms with Crippen LogP contribution in [0.1, 0.15) is 42.3 Å². The van der Waals surface area contributed by atoms with Gasteiger partial charge in [-0.1, -0.05) is 12.1 Å². The Morgan fingerprint density at radius 2 is 1.89 bits per heavy atom. The fraction of sp³-hybridized carbons (Fsp3) is 0.500. The first-order valence-corrected chi connectivity index (χ1v) is 9.22. The van der Waals surface area contributed by atoms with Gasteiger partial charge in [0.25, 0.3) is 0 Å². The molecule has 0 unspecified atom stereocenters. The topological polar surface area (TPSA) is 54.2 Å². The Bertz CT molecular complexity index is 793. The van der Waals surface area contributed by atoms with Crippen LogP contribution < -0.4 is 10.6 Å². The van der Waals surface area contributed by atoms with Crippen molar-refractivity contribution < 1.29 is 4.39 Å². The van der Waals surface area contributed by atoms with Crippen molar-refractivity contribution in [3.05, 3.63) is 52.6 Å². The van der Waals surface area contributed by atoms with Crippen molar-refractivity contribution >= 4 is 29.9 Å². The van der Waals surface area contributed by atoms with Gasteiger partial charge in [-0.3, -0.25) is 4.68 Å². The van der Waals surface area contributed by atoms with Gasteiger partial charge in [-0.25, -0.2) is 9.38 Å². The third kappa shape index (κ3) is 5.00. The van der Waals surface area contributed by atoms with Crippen molar-refractivity contribution in [1.82, 2.24) is 20.4 Å². The predicted molar refractivity (Wildman–Crippen MR) is 118 cm³/mol. The van der Waals surface area contributed by atoms with Crippen molar-refractivity contribution in [2.24, 2.45) is 12.0 Å². The average Bonchev–Trinajstić information content (AvgIpc) is 3.36. The van der Waals surface area contributed by atoms with Gasteiger partial charge in [-0.05, 0) is 51.3 Å². The molecule has 0 aliphatic heterocycles. The summed E-state index contributed by atoms with van der Waals surface area (Å²) >= 11 is 0. The van der Waals surface area contributed by atoms with Crippen molar-refractivity contribution in [1.29, 1.82) is 0 Å². The lowest BCUT2D eigenvalue weighted by atomic mass is 9.96. The van der Waals surface area contributed by atoms with E-state index in [1.807, 2.05) is 30.8 Å². The third-order valence-corrected chi connectivity index (χ3v) is 5.30. The Hall–Kier alpha value is -1.64. The largest absolute Gasteiger partial charge is 0.357 e. The highest BCUT2D eigenvalue weighted by molar-refractivity contribution is 14.0. The van der Waals surface area contributed by atoms with Gasteiger partial charge in [0.1, 0.15) is 5.82 Å². The van der Waals surface area contributed by atoms with E-state index in [4.69, 9.17) is 4.99 Å². The van der Waals surface area contributed by atoms with Gasteiger partial charge in [0.05, 0.1) is 12.2 Å². The van der Waals surface area contributed by atoms with E-state index in [9.17, 15) is 4.39 Å². The number of guanidine groups is 1. The SMILES string of the molecule is CCNC(=NCc1c(C)nn(C)c1C)NCC1(c2ccc(F)cc2)CC1.I. The van der Waals surface area contributed by atoms with Crippen LogP contribution in [-0.2, 0) is 19.0 Å². The zero-order valence-electron chi connectivity index (χ0n) is 16.5. The highest BCUT2D eigenvalue weighted by atomic mass is 127. The highest BCUT2D eigenvalue weighted by Gasteiger charge is 2.44. The molecule has 0 atom stereocenters. The van der Waals surface area contributed by atoms with E-state index in [0.717, 1.165) is 43.3 Å². The second kappa shape index (κ2) is 9.03. The summed E-state index contributed by atoms with van der Waals surface area (Å²) in [6, 6.07) is 6.89. The molecule has 148 valence electrons. The minimum absolute atomic E-state index is 0. The summed E-state index contributed by atoms with van der Waals surface area (Å²) in [5.41, 5.74) is 4.64. The maximum absolute atomic E-state index is 13.2. The van der Waals surface area contributed by atoms with Gasteiger partial charge in [0.2, 0.25) is 0 Å². The number of hydrogen-bond acceptors (Lipinski definition) is 2. The maximum Gasteiger partial charge on any atom is 0.191 e. The van der Waals surface area contributed by atoms with Crippen LogP contribution in [0.2, 0.25) is 0 Å². The van der Waals surface area contributed by atoms with Gasteiger partial charge in [-0.2, -0.15) is 5.10 Å². The standard InChI is InChI=1S/C20H28FN5.HI/c1-5-22-19(23-12-18-14(2)25-26(4)15(18)3)24-13-20(10-11-20)16-6-8-17(21)9-7-16;/h6-9H,5,10-13H2,1-4H3,(H2,22,23,24);1H. The molecule has 7 heteroatoms. The van der Waals surface area contributed by atoms with Gasteiger partial charge in [0.15, 0.2) is 5.96 Å². The fourth-order valence-electron chi connectivity index (χ4n) is 3.32. The number of nitrogens with zero attached hydrogens (tertiary/aromatic N) is 3. The number of benzene rings is 1. The molecule has 0 spiro atoms. The molecule has 0 bridgehead atoms. The van der Waals surface area contributed by atoms with Gasteiger partial charge in [0, 0.05) is 36.8 Å². The zero-order chi connectivity index (χ0) is 18.7. The summed E-state index contributed by atoms with van der Waals surface area (Å²) in [6.45, 7) is 8.36. The lowest BCUT2D eigenvalue weighted by molar-refractivity contribution is 0.617. The molecule has 0 radical (unpaired) electrons. The minimum Gasteiger partial charge on any atom is -0.357 e. The number of halogens is 2.